The molecule has 0 aliphatic heterocycles. The molecule has 0 fully saturated rings. The molecule has 3 nitrogen and oxygen atoms in total. The molecule has 0 unspecified atom stereocenters. The van der Waals surface area contributed by atoms with E-state index in [9.17, 15) is 9.90 Å². The lowest BCUT2D eigenvalue weighted by molar-refractivity contribution is 0.102. The van der Waals surface area contributed by atoms with E-state index in [0.29, 0.717) is 26.3 Å². The van der Waals surface area contributed by atoms with E-state index in [-0.39, 0.29) is 5.91 Å². The molecule has 0 aliphatic carbocycles. The van der Waals surface area contributed by atoms with Gasteiger partial charge in [-0.3, -0.25) is 4.79 Å². The van der Waals surface area contributed by atoms with Gasteiger partial charge in [-0.15, -0.1) is 0 Å². The summed E-state index contributed by atoms with van der Waals surface area (Å²) in [6.45, 7) is 0. The lowest BCUT2D eigenvalue weighted by atomic mass is 9.99. The van der Waals surface area contributed by atoms with E-state index in [2.05, 4.69) is 21.2 Å². The third-order valence-corrected chi connectivity index (χ3v) is 4.72. The molecule has 3 aromatic rings. The van der Waals surface area contributed by atoms with E-state index < -0.39 is 6.10 Å². The van der Waals surface area contributed by atoms with Gasteiger partial charge in [0.2, 0.25) is 0 Å². The second kappa shape index (κ2) is 7.83. The molecule has 0 aromatic heterocycles. The first-order valence-corrected chi connectivity index (χ1v) is 8.81. The minimum Gasteiger partial charge on any atom is -0.384 e. The minimum atomic E-state index is -0.894. The van der Waals surface area contributed by atoms with E-state index in [1.54, 1.807) is 36.4 Å². The molecular formula is C20H15BrClNO2. The van der Waals surface area contributed by atoms with Gasteiger partial charge < -0.3 is 10.4 Å². The van der Waals surface area contributed by atoms with Gasteiger partial charge in [0.1, 0.15) is 6.10 Å². The molecule has 0 radical (unpaired) electrons. The highest BCUT2D eigenvalue weighted by Gasteiger charge is 2.18. The summed E-state index contributed by atoms with van der Waals surface area (Å²) in [6, 6.07) is 21.4. The first kappa shape index (κ1) is 17.7. The normalized spacial score (nSPS) is 11.8. The Morgan fingerprint density at radius 2 is 1.68 bits per heavy atom. The maximum atomic E-state index is 12.6. The summed E-state index contributed by atoms with van der Waals surface area (Å²) in [6.07, 6.45) is -0.894. The number of nitrogens with one attached hydrogen (secondary N) is 1. The van der Waals surface area contributed by atoms with Gasteiger partial charge in [0.25, 0.3) is 5.91 Å². The number of rotatable bonds is 4. The number of benzene rings is 3. The molecule has 0 heterocycles. The van der Waals surface area contributed by atoms with E-state index in [0.717, 1.165) is 5.56 Å². The van der Waals surface area contributed by atoms with Crippen LogP contribution in [-0.4, -0.2) is 11.0 Å². The lowest BCUT2D eigenvalue weighted by Gasteiger charge is -2.17. The van der Waals surface area contributed by atoms with Crippen LogP contribution < -0.4 is 5.32 Å². The molecule has 3 rings (SSSR count). The van der Waals surface area contributed by atoms with Gasteiger partial charge in [-0.25, -0.2) is 0 Å². The highest BCUT2D eigenvalue weighted by Crippen LogP contribution is 2.31. The molecule has 5 heteroatoms. The summed E-state index contributed by atoms with van der Waals surface area (Å²) in [5.74, 6) is -0.267. The van der Waals surface area contributed by atoms with Gasteiger partial charge in [0.15, 0.2) is 0 Å². The lowest BCUT2D eigenvalue weighted by Crippen LogP contribution is -2.15. The number of hydrogen-bond donors (Lipinski definition) is 2. The maximum absolute atomic E-state index is 12.6. The zero-order valence-electron chi connectivity index (χ0n) is 13.1. The molecule has 25 heavy (non-hydrogen) atoms. The Balaban J connectivity index is 1.95. The molecule has 0 spiro atoms. The summed E-state index contributed by atoms with van der Waals surface area (Å²) in [5, 5.41) is 14.1. The Morgan fingerprint density at radius 3 is 2.40 bits per heavy atom. The number of aliphatic hydroxyl groups is 1. The molecular weight excluding hydrogens is 402 g/mol. The number of halogens is 2. The number of anilines is 1. The van der Waals surface area contributed by atoms with Crippen LogP contribution in [0.3, 0.4) is 0 Å². The van der Waals surface area contributed by atoms with Gasteiger partial charge in [0.05, 0.1) is 5.56 Å². The number of carbonyl (C=O) groups excluding carboxylic acids is 1. The summed E-state index contributed by atoms with van der Waals surface area (Å²) >= 11 is 9.47. The molecule has 2 N–H and O–H groups in total. The van der Waals surface area contributed by atoms with E-state index in [4.69, 9.17) is 11.6 Å². The highest BCUT2D eigenvalue weighted by molar-refractivity contribution is 9.10. The van der Waals surface area contributed by atoms with Crippen molar-refractivity contribution in [1.82, 2.24) is 0 Å². The van der Waals surface area contributed by atoms with Crippen molar-refractivity contribution in [3.05, 3.63) is 99.0 Å². The average molecular weight is 417 g/mol. The van der Waals surface area contributed by atoms with E-state index in [1.165, 1.54) is 0 Å². The molecule has 1 atom stereocenters. The Hall–Kier alpha value is -2.14. The van der Waals surface area contributed by atoms with Gasteiger partial charge >= 0.3 is 0 Å². The van der Waals surface area contributed by atoms with Crippen LogP contribution in [0, 0.1) is 0 Å². The third kappa shape index (κ3) is 4.10. The van der Waals surface area contributed by atoms with Crippen molar-refractivity contribution in [3.8, 4) is 0 Å². The van der Waals surface area contributed by atoms with Crippen molar-refractivity contribution in [1.29, 1.82) is 0 Å². The first-order valence-electron chi connectivity index (χ1n) is 7.64. The van der Waals surface area contributed by atoms with Crippen LogP contribution in [0.15, 0.2) is 77.3 Å². The highest BCUT2D eigenvalue weighted by atomic mass is 79.9. The Labute approximate surface area is 159 Å². The van der Waals surface area contributed by atoms with E-state index in [1.807, 2.05) is 36.4 Å². The van der Waals surface area contributed by atoms with Crippen molar-refractivity contribution in [2.75, 3.05) is 5.32 Å². The quantitative estimate of drug-likeness (QED) is 0.595. The molecule has 0 saturated heterocycles. The van der Waals surface area contributed by atoms with Crippen LogP contribution in [0.25, 0.3) is 0 Å². The van der Waals surface area contributed by atoms with Crippen LogP contribution in [0.2, 0.25) is 5.02 Å². The average Bonchev–Trinajstić information content (AvgIpc) is 2.63. The molecule has 3 aromatic carbocycles. The largest absolute Gasteiger partial charge is 0.384 e. The van der Waals surface area contributed by atoms with Gasteiger partial charge in [0, 0.05) is 20.7 Å². The summed E-state index contributed by atoms with van der Waals surface area (Å²) in [4.78, 5) is 12.6. The van der Waals surface area contributed by atoms with Crippen molar-refractivity contribution >= 4 is 39.1 Å². The number of aliphatic hydroxyl groups excluding tert-OH is 1. The molecule has 1 amide bonds. The second-order valence-corrected chi connectivity index (χ2v) is 6.77. The zero-order valence-corrected chi connectivity index (χ0v) is 15.5. The Morgan fingerprint density at radius 1 is 1.00 bits per heavy atom. The van der Waals surface area contributed by atoms with Gasteiger partial charge in [-0.2, -0.15) is 0 Å². The van der Waals surface area contributed by atoms with Crippen molar-refractivity contribution < 1.29 is 9.90 Å². The Kier molecular flexibility index (Phi) is 5.53. The fraction of sp³-hybridized carbons (Fsp3) is 0.0500. The summed E-state index contributed by atoms with van der Waals surface area (Å²) in [7, 11) is 0. The summed E-state index contributed by atoms with van der Waals surface area (Å²) in [5.41, 5.74) is 2.29. The Bertz CT molecular complexity index is 899. The molecule has 126 valence electrons. The molecule has 0 saturated carbocycles. The molecule has 0 aliphatic rings. The maximum Gasteiger partial charge on any atom is 0.256 e. The van der Waals surface area contributed by atoms with Crippen LogP contribution in [-0.2, 0) is 0 Å². The smallest absolute Gasteiger partial charge is 0.256 e. The molecule has 0 bridgehead atoms. The number of carbonyl (C=O) groups is 1. The third-order valence-electron chi connectivity index (χ3n) is 3.79. The number of hydrogen-bond acceptors (Lipinski definition) is 2. The zero-order chi connectivity index (χ0) is 17.8. The fourth-order valence-corrected chi connectivity index (χ4v) is 3.17. The second-order valence-electron chi connectivity index (χ2n) is 5.48. The van der Waals surface area contributed by atoms with Crippen LogP contribution >= 0.6 is 27.5 Å². The van der Waals surface area contributed by atoms with Crippen LogP contribution in [0.1, 0.15) is 27.6 Å². The monoisotopic (exact) mass is 415 g/mol. The topological polar surface area (TPSA) is 49.3 Å². The predicted octanol–water partition coefficient (Wildman–Crippen LogP) is 5.44. The van der Waals surface area contributed by atoms with Gasteiger partial charge in [-0.1, -0.05) is 54.1 Å². The predicted molar refractivity (Wildman–Crippen MR) is 104 cm³/mol. The summed E-state index contributed by atoms with van der Waals surface area (Å²) < 4.78 is 0.701. The van der Waals surface area contributed by atoms with Crippen molar-refractivity contribution in [3.63, 3.8) is 0 Å². The van der Waals surface area contributed by atoms with Crippen LogP contribution in [0.5, 0.6) is 0 Å². The SMILES string of the molecule is O=C(Nc1ccc(Cl)cc1[C@H](O)c1ccccc1)c1ccccc1Br. The first-order chi connectivity index (χ1) is 12.1. The number of amides is 1. The van der Waals surface area contributed by atoms with E-state index >= 15 is 0 Å². The fourth-order valence-electron chi connectivity index (χ4n) is 2.52. The van der Waals surface area contributed by atoms with Gasteiger partial charge in [-0.05, 0) is 51.8 Å². The standard InChI is InChI=1S/C20H15BrClNO2/c21-17-9-5-4-8-15(17)20(25)23-18-11-10-14(22)12-16(18)19(24)13-6-2-1-3-7-13/h1-12,19,24H,(H,23,25)/t19-/m1/s1. The van der Waals surface area contributed by atoms with Crippen molar-refractivity contribution in [2.24, 2.45) is 0 Å². The van der Waals surface area contributed by atoms with Crippen molar-refractivity contribution in [2.45, 2.75) is 6.10 Å². The van der Waals surface area contributed by atoms with Crippen LogP contribution in [0.4, 0.5) is 5.69 Å². The minimum absolute atomic E-state index is 0.267.